The van der Waals surface area contributed by atoms with Crippen LogP contribution in [0.4, 0.5) is 0 Å². The molecule has 0 atom stereocenters. The van der Waals surface area contributed by atoms with E-state index in [1.54, 1.807) is 0 Å². The van der Waals surface area contributed by atoms with Crippen molar-refractivity contribution < 1.29 is 9.47 Å². The van der Waals surface area contributed by atoms with E-state index >= 15 is 0 Å². The molecule has 0 fully saturated rings. The van der Waals surface area contributed by atoms with Crippen LogP contribution in [0, 0.1) is 0 Å². The van der Waals surface area contributed by atoms with Crippen LogP contribution in [0.25, 0.3) is 5.57 Å². The highest BCUT2D eigenvalue weighted by Crippen LogP contribution is 2.23. The second-order valence-electron chi connectivity index (χ2n) is 6.40. The molecule has 0 radical (unpaired) electrons. The third-order valence-corrected chi connectivity index (χ3v) is 4.27. The van der Waals surface area contributed by atoms with Gasteiger partial charge in [-0.15, -0.1) is 0 Å². The molecule has 0 saturated carbocycles. The Labute approximate surface area is 149 Å². The smallest absolute Gasteiger partial charge is 0.120 e. The first-order valence-electron chi connectivity index (χ1n) is 9.76. The van der Waals surface area contributed by atoms with E-state index < -0.39 is 0 Å². The molecule has 0 heterocycles. The SMILES string of the molecule is C=C(CCCCCCCCCC)c1cccc(OCCOCC)c1. The van der Waals surface area contributed by atoms with Gasteiger partial charge in [-0.1, -0.05) is 70.6 Å². The Balaban J connectivity index is 2.20. The third kappa shape index (κ3) is 9.77. The number of unbranched alkanes of at least 4 members (excludes halogenated alkanes) is 7. The van der Waals surface area contributed by atoms with Gasteiger partial charge >= 0.3 is 0 Å². The summed E-state index contributed by atoms with van der Waals surface area (Å²) in [6.45, 7) is 10.5. The quantitative estimate of drug-likeness (QED) is 0.335. The van der Waals surface area contributed by atoms with E-state index in [4.69, 9.17) is 9.47 Å². The topological polar surface area (TPSA) is 18.5 Å². The third-order valence-electron chi connectivity index (χ3n) is 4.27. The molecule has 0 aliphatic carbocycles. The van der Waals surface area contributed by atoms with Crippen molar-refractivity contribution in [1.82, 2.24) is 0 Å². The minimum absolute atomic E-state index is 0.599. The van der Waals surface area contributed by atoms with Gasteiger partial charge < -0.3 is 9.47 Å². The molecule has 1 aromatic rings. The molecule has 0 unspecified atom stereocenters. The highest BCUT2D eigenvalue weighted by molar-refractivity contribution is 5.64. The number of allylic oxidation sites excluding steroid dienone is 1. The zero-order valence-corrected chi connectivity index (χ0v) is 15.8. The second-order valence-corrected chi connectivity index (χ2v) is 6.40. The standard InChI is InChI=1S/C22H36O2/c1-4-6-7-8-9-10-11-12-14-20(3)21-15-13-16-22(19-21)24-18-17-23-5-2/h13,15-16,19H,3-12,14,17-18H2,1-2H3. The van der Waals surface area contributed by atoms with Gasteiger partial charge in [-0.2, -0.15) is 0 Å². The van der Waals surface area contributed by atoms with Gasteiger partial charge in [0.2, 0.25) is 0 Å². The van der Waals surface area contributed by atoms with Crippen LogP contribution in [0.15, 0.2) is 30.8 Å². The molecular formula is C22H36O2. The molecule has 2 heteroatoms. The summed E-state index contributed by atoms with van der Waals surface area (Å²) >= 11 is 0. The van der Waals surface area contributed by atoms with Crippen LogP contribution >= 0.6 is 0 Å². The number of ether oxygens (including phenoxy) is 2. The van der Waals surface area contributed by atoms with Crippen molar-refractivity contribution in [2.75, 3.05) is 19.8 Å². The van der Waals surface area contributed by atoms with Gasteiger partial charge in [-0.05, 0) is 43.0 Å². The minimum atomic E-state index is 0.599. The molecule has 24 heavy (non-hydrogen) atoms. The lowest BCUT2D eigenvalue weighted by Crippen LogP contribution is -2.06. The summed E-state index contributed by atoms with van der Waals surface area (Å²) < 4.78 is 11.0. The fourth-order valence-corrected chi connectivity index (χ4v) is 2.79. The van der Waals surface area contributed by atoms with E-state index in [0.29, 0.717) is 13.2 Å². The van der Waals surface area contributed by atoms with E-state index in [0.717, 1.165) is 18.8 Å². The van der Waals surface area contributed by atoms with Gasteiger partial charge in [0.25, 0.3) is 0 Å². The molecule has 0 saturated heterocycles. The van der Waals surface area contributed by atoms with Crippen molar-refractivity contribution in [3.8, 4) is 5.75 Å². The maximum atomic E-state index is 5.72. The highest BCUT2D eigenvalue weighted by Gasteiger charge is 2.02. The normalized spacial score (nSPS) is 10.8. The van der Waals surface area contributed by atoms with E-state index in [9.17, 15) is 0 Å². The Kier molecular flexibility index (Phi) is 12.2. The summed E-state index contributed by atoms with van der Waals surface area (Å²) in [5.41, 5.74) is 2.42. The first kappa shape index (κ1) is 20.8. The Morgan fingerprint density at radius 1 is 0.917 bits per heavy atom. The predicted molar refractivity (Wildman–Crippen MR) is 105 cm³/mol. The van der Waals surface area contributed by atoms with Gasteiger partial charge in [0.15, 0.2) is 0 Å². The molecule has 0 aliphatic heterocycles. The van der Waals surface area contributed by atoms with Crippen LogP contribution in [-0.2, 0) is 4.74 Å². The van der Waals surface area contributed by atoms with Crippen LogP contribution < -0.4 is 4.74 Å². The molecular weight excluding hydrogens is 296 g/mol. The van der Waals surface area contributed by atoms with Gasteiger partial charge in [0.1, 0.15) is 12.4 Å². The second kappa shape index (κ2) is 14.1. The molecule has 0 bridgehead atoms. The summed E-state index contributed by atoms with van der Waals surface area (Å²) in [7, 11) is 0. The minimum Gasteiger partial charge on any atom is -0.491 e. The molecule has 1 rings (SSSR count). The summed E-state index contributed by atoms with van der Waals surface area (Å²) in [5, 5.41) is 0. The van der Waals surface area contributed by atoms with E-state index in [1.165, 1.54) is 62.5 Å². The van der Waals surface area contributed by atoms with Crippen molar-refractivity contribution in [3.63, 3.8) is 0 Å². The molecule has 1 aromatic carbocycles. The van der Waals surface area contributed by atoms with Gasteiger partial charge in [0.05, 0.1) is 6.61 Å². The average molecular weight is 333 g/mol. The Morgan fingerprint density at radius 3 is 2.33 bits per heavy atom. The first-order valence-corrected chi connectivity index (χ1v) is 9.76. The maximum Gasteiger partial charge on any atom is 0.120 e. The summed E-state index contributed by atoms with van der Waals surface area (Å²) in [4.78, 5) is 0. The Morgan fingerprint density at radius 2 is 1.62 bits per heavy atom. The van der Waals surface area contributed by atoms with Gasteiger partial charge in [-0.25, -0.2) is 0 Å². The summed E-state index contributed by atoms with van der Waals surface area (Å²) in [6, 6.07) is 8.27. The molecule has 0 aliphatic rings. The van der Waals surface area contributed by atoms with Crippen molar-refractivity contribution in [2.45, 2.75) is 71.6 Å². The van der Waals surface area contributed by atoms with E-state index in [-0.39, 0.29) is 0 Å². The van der Waals surface area contributed by atoms with E-state index in [1.807, 2.05) is 19.1 Å². The van der Waals surface area contributed by atoms with Crippen molar-refractivity contribution in [3.05, 3.63) is 36.4 Å². The number of hydrogen-bond acceptors (Lipinski definition) is 2. The van der Waals surface area contributed by atoms with Crippen LogP contribution in [0.2, 0.25) is 0 Å². The average Bonchev–Trinajstić information content (AvgIpc) is 2.61. The fraction of sp³-hybridized carbons (Fsp3) is 0.636. The molecule has 2 nitrogen and oxygen atoms in total. The van der Waals surface area contributed by atoms with Gasteiger partial charge in [-0.3, -0.25) is 0 Å². The zero-order chi connectivity index (χ0) is 17.5. The first-order chi connectivity index (χ1) is 11.8. The van der Waals surface area contributed by atoms with Crippen LogP contribution in [0.1, 0.15) is 77.2 Å². The van der Waals surface area contributed by atoms with Gasteiger partial charge in [0, 0.05) is 6.61 Å². The maximum absolute atomic E-state index is 5.72. The lowest BCUT2D eigenvalue weighted by Gasteiger charge is -2.10. The Hall–Kier alpha value is -1.28. The van der Waals surface area contributed by atoms with Crippen molar-refractivity contribution in [1.29, 1.82) is 0 Å². The largest absolute Gasteiger partial charge is 0.491 e. The van der Waals surface area contributed by atoms with Crippen LogP contribution in [-0.4, -0.2) is 19.8 Å². The molecule has 136 valence electrons. The monoisotopic (exact) mass is 332 g/mol. The predicted octanol–water partition coefficient (Wildman–Crippen LogP) is 6.65. The Bertz CT molecular complexity index is 439. The number of rotatable bonds is 15. The molecule has 0 N–H and O–H groups in total. The van der Waals surface area contributed by atoms with E-state index in [2.05, 4.69) is 25.6 Å². The zero-order valence-electron chi connectivity index (χ0n) is 15.8. The fourth-order valence-electron chi connectivity index (χ4n) is 2.79. The lowest BCUT2D eigenvalue weighted by molar-refractivity contribution is 0.110. The van der Waals surface area contributed by atoms with Crippen molar-refractivity contribution >= 4 is 5.57 Å². The number of hydrogen-bond donors (Lipinski definition) is 0. The summed E-state index contributed by atoms with van der Waals surface area (Å²) in [6.07, 6.45) is 11.9. The van der Waals surface area contributed by atoms with Crippen LogP contribution in [0.5, 0.6) is 5.75 Å². The van der Waals surface area contributed by atoms with Crippen LogP contribution in [0.3, 0.4) is 0 Å². The molecule has 0 spiro atoms. The number of benzene rings is 1. The molecule has 0 aromatic heterocycles. The highest BCUT2D eigenvalue weighted by atomic mass is 16.5. The van der Waals surface area contributed by atoms with Crippen molar-refractivity contribution in [2.24, 2.45) is 0 Å². The summed E-state index contributed by atoms with van der Waals surface area (Å²) in [5.74, 6) is 0.907. The lowest BCUT2D eigenvalue weighted by atomic mass is 10.00. The molecule has 0 amide bonds.